The maximum absolute atomic E-state index is 10.8. The zero-order valence-electron chi connectivity index (χ0n) is 19.9. The SMILES string of the molecule is COc1ccc(CO[C@H]2[C@H](OCc3ccc(OC)cc3)[C@@H](O)[C@@H](O)[C@@H]2OCc2ccccc2)cc1. The molecule has 1 aliphatic rings. The van der Waals surface area contributed by atoms with Crippen molar-refractivity contribution < 1.29 is 33.9 Å². The Bertz CT molecular complexity index is 1020. The van der Waals surface area contributed by atoms with Gasteiger partial charge in [0, 0.05) is 0 Å². The van der Waals surface area contributed by atoms with Crippen LogP contribution in [0.2, 0.25) is 0 Å². The molecule has 0 radical (unpaired) electrons. The highest BCUT2D eigenvalue weighted by molar-refractivity contribution is 5.27. The van der Waals surface area contributed by atoms with Crippen molar-refractivity contribution in [2.45, 2.75) is 50.3 Å². The molecule has 7 nitrogen and oxygen atoms in total. The van der Waals surface area contributed by atoms with Gasteiger partial charge in [0.1, 0.15) is 42.0 Å². The molecule has 1 fully saturated rings. The molecule has 0 saturated heterocycles. The van der Waals surface area contributed by atoms with Gasteiger partial charge >= 0.3 is 0 Å². The van der Waals surface area contributed by atoms with Crippen LogP contribution in [-0.4, -0.2) is 55.0 Å². The minimum absolute atomic E-state index is 0.242. The first-order valence-electron chi connectivity index (χ1n) is 11.6. The van der Waals surface area contributed by atoms with E-state index in [2.05, 4.69) is 0 Å². The molecule has 2 N–H and O–H groups in total. The third kappa shape index (κ3) is 6.39. The summed E-state index contributed by atoms with van der Waals surface area (Å²) in [6.07, 6.45) is -4.52. The second-order valence-electron chi connectivity index (χ2n) is 8.49. The zero-order valence-corrected chi connectivity index (χ0v) is 19.9. The zero-order chi connectivity index (χ0) is 24.6. The van der Waals surface area contributed by atoms with Crippen molar-refractivity contribution in [1.29, 1.82) is 0 Å². The van der Waals surface area contributed by atoms with Gasteiger partial charge in [-0.3, -0.25) is 0 Å². The van der Waals surface area contributed by atoms with E-state index >= 15 is 0 Å². The van der Waals surface area contributed by atoms with Gasteiger partial charge in [-0.1, -0.05) is 54.6 Å². The molecule has 1 saturated carbocycles. The summed E-state index contributed by atoms with van der Waals surface area (Å²) < 4.78 is 28.8. The summed E-state index contributed by atoms with van der Waals surface area (Å²) in [7, 11) is 3.23. The summed E-state index contributed by atoms with van der Waals surface area (Å²) in [6.45, 7) is 0.789. The lowest BCUT2D eigenvalue weighted by Gasteiger charge is -2.26. The van der Waals surface area contributed by atoms with Crippen LogP contribution in [0, 0.1) is 0 Å². The van der Waals surface area contributed by atoms with Gasteiger partial charge in [0.25, 0.3) is 0 Å². The summed E-state index contributed by atoms with van der Waals surface area (Å²) in [6, 6.07) is 24.7. The van der Waals surface area contributed by atoms with Crippen molar-refractivity contribution >= 4 is 0 Å². The lowest BCUT2D eigenvalue weighted by molar-refractivity contribution is -0.136. The highest BCUT2D eigenvalue weighted by atomic mass is 16.6. The van der Waals surface area contributed by atoms with Crippen molar-refractivity contribution in [3.05, 3.63) is 95.6 Å². The molecular formula is C28H32O7. The Hall–Kier alpha value is -2.94. The number of ether oxygens (including phenoxy) is 5. The average molecular weight is 481 g/mol. The minimum atomic E-state index is -1.16. The fraction of sp³-hybridized carbons (Fsp3) is 0.357. The highest BCUT2D eigenvalue weighted by Gasteiger charge is 2.52. The summed E-state index contributed by atoms with van der Waals surface area (Å²) in [5.74, 6) is 1.50. The number of aliphatic hydroxyl groups is 2. The smallest absolute Gasteiger partial charge is 0.118 e. The van der Waals surface area contributed by atoms with Gasteiger partial charge < -0.3 is 33.9 Å². The molecule has 4 rings (SSSR count). The van der Waals surface area contributed by atoms with E-state index in [1.54, 1.807) is 14.2 Å². The topological polar surface area (TPSA) is 86.6 Å². The van der Waals surface area contributed by atoms with E-state index in [1.165, 1.54) is 0 Å². The normalized spacial score (nSPS) is 23.8. The van der Waals surface area contributed by atoms with Gasteiger partial charge in [-0.05, 0) is 41.0 Å². The largest absolute Gasteiger partial charge is 0.497 e. The van der Waals surface area contributed by atoms with Crippen LogP contribution in [-0.2, 0) is 34.0 Å². The molecule has 186 valence electrons. The number of hydrogen-bond donors (Lipinski definition) is 2. The molecular weight excluding hydrogens is 448 g/mol. The lowest BCUT2D eigenvalue weighted by atomic mass is 10.2. The van der Waals surface area contributed by atoms with E-state index in [1.807, 2.05) is 78.9 Å². The summed E-state index contributed by atoms with van der Waals surface area (Å²) in [5.41, 5.74) is 2.80. The first-order valence-corrected chi connectivity index (χ1v) is 11.6. The Morgan fingerprint density at radius 2 is 0.886 bits per heavy atom. The van der Waals surface area contributed by atoms with Crippen LogP contribution in [0.1, 0.15) is 16.7 Å². The Morgan fingerprint density at radius 3 is 1.29 bits per heavy atom. The van der Waals surface area contributed by atoms with Crippen LogP contribution in [0.15, 0.2) is 78.9 Å². The molecule has 0 unspecified atom stereocenters. The van der Waals surface area contributed by atoms with E-state index in [9.17, 15) is 10.2 Å². The molecule has 5 atom stereocenters. The van der Waals surface area contributed by atoms with E-state index < -0.39 is 30.5 Å². The van der Waals surface area contributed by atoms with Crippen LogP contribution in [0.3, 0.4) is 0 Å². The Balaban J connectivity index is 1.47. The van der Waals surface area contributed by atoms with Crippen LogP contribution in [0.5, 0.6) is 11.5 Å². The quantitative estimate of drug-likeness (QED) is 0.434. The molecule has 0 aliphatic heterocycles. The number of rotatable bonds is 11. The molecule has 7 heteroatoms. The Morgan fingerprint density at radius 1 is 0.514 bits per heavy atom. The minimum Gasteiger partial charge on any atom is -0.497 e. The third-order valence-electron chi connectivity index (χ3n) is 6.16. The fourth-order valence-electron chi connectivity index (χ4n) is 4.14. The summed E-state index contributed by atoms with van der Waals surface area (Å²) >= 11 is 0. The molecule has 0 aromatic heterocycles. The molecule has 3 aromatic rings. The maximum atomic E-state index is 10.8. The van der Waals surface area contributed by atoms with Crippen LogP contribution < -0.4 is 9.47 Å². The van der Waals surface area contributed by atoms with Gasteiger partial charge in [0.05, 0.1) is 34.0 Å². The molecule has 0 bridgehead atoms. The van der Waals surface area contributed by atoms with Gasteiger partial charge in [-0.25, -0.2) is 0 Å². The fourth-order valence-corrected chi connectivity index (χ4v) is 4.14. The van der Waals surface area contributed by atoms with Crippen molar-refractivity contribution in [2.24, 2.45) is 0 Å². The van der Waals surface area contributed by atoms with Crippen molar-refractivity contribution in [3.63, 3.8) is 0 Å². The molecule has 0 spiro atoms. The van der Waals surface area contributed by atoms with E-state index in [0.29, 0.717) is 0 Å². The van der Waals surface area contributed by atoms with Crippen molar-refractivity contribution in [1.82, 2.24) is 0 Å². The van der Waals surface area contributed by atoms with Crippen LogP contribution in [0.4, 0.5) is 0 Å². The van der Waals surface area contributed by atoms with E-state index in [-0.39, 0.29) is 19.8 Å². The Labute approximate surface area is 205 Å². The van der Waals surface area contributed by atoms with Gasteiger partial charge in [0.15, 0.2) is 0 Å². The van der Waals surface area contributed by atoms with Gasteiger partial charge in [-0.15, -0.1) is 0 Å². The van der Waals surface area contributed by atoms with Crippen molar-refractivity contribution in [3.8, 4) is 11.5 Å². The first kappa shape index (κ1) is 25.2. The molecule has 0 heterocycles. The van der Waals surface area contributed by atoms with E-state index in [0.717, 1.165) is 28.2 Å². The number of methoxy groups -OCH3 is 2. The number of aliphatic hydroxyl groups excluding tert-OH is 2. The van der Waals surface area contributed by atoms with Crippen molar-refractivity contribution in [2.75, 3.05) is 14.2 Å². The summed E-state index contributed by atoms with van der Waals surface area (Å²) in [4.78, 5) is 0. The molecule has 35 heavy (non-hydrogen) atoms. The number of hydrogen-bond acceptors (Lipinski definition) is 7. The molecule has 3 aromatic carbocycles. The predicted octanol–water partition coefficient (Wildman–Crippen LogP) is 3.50. The lowest BCUT2D eigenvalue weighted by Crippen LogP contribution is -2.38. The maximum Gasteiger partial charge on any atom is 0.118 e. The molecule has 1 aliphatic carbocycles. The monoisotopic (exact) mass is 480 g/mol. The average Bonchev–Trinajstić information content (AvgIpc) is 3.14. The number of benzene rings is 3. The third-order valence-corrected chi connectivity index (χ3v) is 6.16. The van der Waals surface area contributed by atoms with Crippen LogP contribution in [0.25, 0.3) is 0 Å². The van der Waals surface area contributed by atoms with E-state index in [4.69, 9.17) is 23.7 Å². The predicted molar refractivity (Wildman–Crippen MR) is 130 cm³/mol. The second kappa shape index (κ2) is 12.2. The Kier molecular flexibility index (Phi) is 8.74. The summed E-state index contributed by atoms with van der Waals surface area (Å²) in [5, 5.41) is 21.7. The first-order chi connectivity index (χ1) is 17.1. The van der Waals surface area contributed by atoms with Gasteiger partial charge in [-0.2, -0.15) is 0 Å². The second-order valence-corrected chi connectivity index (χ2v) is 8.49. The van der Waals surface area contributed by atoms with Crippen LogP contribution >= 0.6 is 0 Å². The highest BCUT2D eigenvalue weighted by Crippen LogP contribution is 2.31. The standard InChI is InChI=1S/C28H32O7/c1-31-22-12-8-20(9-13-22)17-34-27-25(30)24(29)26(33-16-19-6-4-3-5-7-19)28(27)35-18-21-10-14-23(32-2)15-11-21/h3-15,24-30H,16-18H2,1-2H3/t24-,25+,26+,27-,28-/m1/s1. The molecule has 0 amide bonds. The van der Waals surface area contributed by atoms with Gasteiger partial charge in [0.2, 0.25) is 0 Å².